The first-order chi connectivity index (χ1) is 23.2. The number of halogens is 2. The van der Waals surface area contributed by atoms with E-state index in [0.717, 1.165) is 27.7 Å². The summed E-state index contributed by atoms with van der Waals surface area (Å²) >= 11 is 14.0. The van der Waals surface area contributed by atoms with Crippen molar-refractivity contribution in [3.63, 3.8) is 0 Å². The average molecular weight is 705 g/mol. The molecule has 0 fully saturated rings. The number of rotatable bonds is 10. The number of benzene rings is 3. The number of carbonyl (C=O) groups excluding carboxylic acids is 1. The van der Waals surface area contributed by atoms with Gasteiger partial charge in [0.05, 0.1) is 41.7 Å². The zero-order valence-electron chi connectivity index (χ0n) is 27.3. The first-order valence-corrected chi connectivity index (χ1v) is 17.3. The lowest BCUT2D eigenvalue weighted by Gasteiger charge is -2.25. The van der Waals surface area contributed by atoms with Crippen LogP contribution in [0.2, 0.25) is 10.0 Å². The van der Waals surface area contributed by atoms with Crippen LogP contribution >= 0.6 is 34.5 Å². The van der Waals surface area contributed by atoms with Gasteiger partial charge < -0.3 is 18.8 Å². The molecule has 5 aromatic rings. The SMILES string of the molecule is CCOC(=O)C1=C(C)N=c2s/c(=C\c3c(C)n(Cc4ccc(Cl)cc4Cl)c4ccccc34)c(=O)n2[C@@H]1c1ccc(OCC)c(OCC)c1. The Hall–Kier alpha value is -4.31. The first-order valence-electron chi connectivity index (χ1n) is 15.8. The topological polar surface area (TPSA) is 84.1 Å². The molecule has 8 nitrogen and oxygen atoms in total. The van der Waals surface area contributed by atoms with Crippen LogP contribution in [-0.4, -0.2) is 34.9 Å². The molecule has 2 aromatic heterocycles. The van der Waals surface area contributed by atoms with Crippen LogP contribution in [0.5, 0.6) is 11.5 Å². The molecule has 11 heteroatoms. The monoisotopic (exact) mass is 703 g/mol. The maximum absolute atomic E-state index is 14.5. The van der Waals surface area contributed by atoms with Crippen molar-refractivity contribution in [2.45, 2.75) is 47.2 Å². The molecule has 1 aliphatic heterocycles. The Kier molecular flexibility index (Phi) is 9.83. The minimum Gasteiger partial charge on any atom is -0.490 e. The Morgan fingerprint density at radius 2 is 1.71 bits per heavy atom. The molecule has 0 amide bonds. The molecule has 0 unspecified atom stereocenters. The van der Waals surface area contributed by atoms with Crippen LogP contribution in [-0.2, 0) is 16.1 Å². The second-order valence-electron chi connectivity index (χ2n) is 11.2. The van der Waals surface area contributed by atoms with Crippen LogP contribution in [0.3, 0.4) is 0 Å². The number of carbonyl (C=O) groups is 1. The highest BCUT2D eigenvalue weighted by molar-refractivity contribution is 7.07. The van der Waals surface area contributed by atoms with E-state index in [2.05, 4.69) is 10.6 Å². The number of ether oxygens (including phenoxy) is 3. The van der Waals surface area contributed by atoms with Crippen LogP contribution in [0.1, 0.15) is 56.1 Å². The second-order valence-corrected chi connectivity index (χ2v) is 13.1. The number of para-hydroxylation sites is 1. The molecule has 48 heavy (non-hydrogen) atoms. The van der Waals surface area contributed by atoms with Gasteiger partial charge in [0.2, 0.25) is 0 Å². The first kappa shape index (κ1) is 33.6. The lowest BCUT2D eigenvalue weighted by molar-refractivity contribution is -0.139. The number of hydrogen-bond acceptors (Lipinski definition) is 7. The number of allylic oxidation sites excluding steroid dienone is 1. The van der Waals surface area contributed by atoms with E-state index in [1.807, 2.05) is 75.4 Å². The third-order valence-corrected chi connectivity index (χ3v) is 9.87. The van der Waals surface area contributed by atoms with Gasteiger partial charge in [-0.05, 0) is 82.2 Å². The van der Waals surface area contributed by atoms with Gasteiger partial charge in [-0.25, -0.2) is 9.79 Å². The van der Waals surface area contributed by atoms with E-state index in [9.17, 15) is 9.59 Å². The zero-order chi connectivity index (χ0) is 34.1. The van der Waals surface area contributed by atoms with Crippen LogP contribution in [0.4, 0.5) is 0 Å². The normalized spacial score (nSPS) is 14.6. The summed E-state index contributed by atoms with van der Waals surface area (Å²) in [6.45, 7) is 10.9. The highest BCUT2D eigenvalue weighted by atomic mass is 35.5. The molecular formula is C37H35Cl2N3O5S. The molecule has 0 radical (unpaired) electrons. The standard InChI is InChI=1S/C37H35Cl2N3O5S/c1-6-45-30-16-14-23(17-31(30)46-7-2)34-33(36(44)47-8-3)21(4)40-37-42(34)35(43)32(48-37)19-27-22(5)41(29-12-10-9-11-26(27)29)20-24-13-15-25(38)18-28(24)39/h9-19,34H,6-8,20H2,1-5H3/b32-19-/t34-/m1/s1. The average Bonchev–Trinajstić information content (AvgIpc) is 3.51. The van der Waals surface area contributed by atoms with Crippen molar-refractivity contribution < 1.29 is 19.0 Å². The van der Waals surface area contributed by atoms with Crippen LogP contribution < -0.4 is 24.4 Å². The summed E-state index contributed by atoms with van der Waals surface area (Å²) in [6, 6.07) is 18.3. The minimum atomic E-state index is -0.785. The molecule has 0 spiro atoms. The van der Waals surface area contributed by atoms with Crippen LogP contribution in [0.25, 0.3) is 17.0 Å². The number of esters is 1. The fraction of sp³-hybridized carbons (Fsp3) is 0.270. The Morgan fingerprint density at radius 3 is 2.44 bits per heavy atom. The van der Waals surface area contributed by atoms with Crippen LogP contribution in [0, 0.1) is 6.92 Å². The van der Waals surface area contributed by atoms with Gasteiger partial charge in [0.15, 0.2) is 16.3 Å². The predicted molar refractivity (Wildman–Crippen MR) is 191 cm³/mol. The van der Waals surface area contributed by atoms with E-state index in [1.165, 1.54) is 11.3 Å². The molecule has 1 aliphatic rings. The van der Waals surface area contributed by atoms with Gasteiger partial charge in [0.25, 0.3) is 5.56 Å². The summed E-state index contributed by atoms with van der Waals surface area (Å²) in [5, 5.41) is 2.16. The van der Waals surface area contributed by atoms with E-state index in [1.54, 1.807) is 24.5 Å². The van der Waals surface area contributed by atoms with Crippen molar-refractivity contribution >= 4 is 57.5 Å². The maximum Gasteiger partial charge on any atom is 0.338 e. The number of nitrogens with zero attached hydrogens (tertiary/aromatic N) is 3. The van der Waals surface area contributed by atoms with Gasteiger partial charge >= 0.3 is 5.97 Å². The van der Waals surface area contributed by atoms with E-state index >= 15 is 0 Å². The largest absolute Gasteiger partial charge is 0.490 e. The summed E-state index contributed by atoms with van der Waals surface area (Å²) in [5.74, 6) is 0.589. The smallest absolute Gasteiger partial charge is 0.338 e. The molecule has 0 bridgehead atoms. The Balaban J connectivity index is 1.54. The van der Waals surface area contributed by atoms with Gasteiger partial charge in [-0.1, -0.05) is 64.9 Å². The Labute approximate surface area is 292 Å². The van der Waals surface area contributed by atoms with E-state index in [0.29, 0.717) is 67.5 Å². The lowest BCUT2D eigenvalue weighted by atomic mass is 9.95. The third kappa shape index (κ3) is 6.18. The van der Waals surface area contributed by atoms with Gasteiger partial charge in [-0.3, -0.25) is 9.36 Å². The number of hydrogen-bond donors (Lipinski definition) is 0. The molecule has 1 atom stereocenters. The Morgan fingerprint density at radius 1 is 0.958 bits per heavy atom. The number of thiazole rings is 1. The van der Waals surface area contributed by atoms with Gasteiger partial charge in [0, 0.05) is 38.8 Å². The van der Waals surface area contributed by atoms with Gasteiger partial charge in [0.1, 0.15) is 0 Å². The highest BCUT2D eigenvalue weighted by Crippen LogP contribution is 2.37. The molecule has 0 aliphatic carbocycles. The summed E-state index contributed by atoms with van der Waals surface area (Å²) in [6.07, 6.45) is 1.92. The summed E-state index contributed by atoms with van der Waals surface area (Å²) in [7, 11) is 0. The molecule has 248 valence electrons. The van der Waals surface area contributed by atoms with E-state index in [-0.39, 0.29) is 12.2 Å². The van der Waals surface area contributed by atoms with Gasteiger partial charge in [-0.2, -0.15) is 0 Å². The van der Waals surface area contributed by atoms with Crippen molar-refractivity contribution in [1.29, 1.82) is 0 Å². The van der Waals surface area contributed by atoms with Crippen molar-refractivity contribution in [2.75, 3.05) is 19.8 Å². The third-order valence-electron chi connectivity index (χ3n) is 8.30. The molecule has 3 aromatic carbocycles. The van der Waals surface area contributed by atoms with Crippen molar-refractivity contribution in [3.05, 3.63) is 124 Å². The fourth-order valence-electron chi connectivity index (χ4n) is 6.14. The summed E-state index contributed by atoms with van der Waals surface area (Å²) in [4.78, 5) is 33.1. The van der Waals surface area contributed by atoms with Crippen LogP contribution in [0.15, 0.2) is 81.7 Å². The van der Waals surface area contributed by atoms with Crippen molar-refractivity contribution in [3.8, 4) is 11.5 Å². The Bertz CT molecular complexity index is 2270. The maximum atomic E-state index is 14.5. The van der Waals surface area contributed by atoms with E-state index < -0.39 is 12.0 Å². The summed E-state index contributed by atoms with van der Waals surface area (Å²) < 4.78 is 21.5. The molecule has 6 rings (SSSR count). The summed E-state index contributed by atoms with van der Waals surface area (Å²) in [5.41, 5.74) is 5.04. The van der Waals surface area contributed by atoms with Crippen molar-refractivity contribution in [2.24, 2.45) is 4.99 Å². The fourth-order valence-corrected chi connectivity index (χ4v) is 7.64. The predicted octanol–water partition coefficient (Wildman–Crippen LogP) is 7.21. The molecular weight excluding hydrogens is 669 g/mol. The van der Waals surface area contributed by atoms with Gasteiger partial charge in [-0.15, -0.1) is 0 Å². The lowest BCUT2D eigenvalue weighted by Crippen LogP contribution is -2.40. The zero-order valence-corrected chi connectivity index (χ0v) is 29.6. The minimum absolute atomic E-state index is 0.185. The quantitative estimate of drug-likeness (QED) is 0.144. The number of aromatic nitrogens is 2. The van der Waals surface area contributed by atoms with Crippen molar-refractivity contribution in [1.82, 2.24) is 9.13 Å². The number of fused-ring (bicyclic) bond motifs is 2. The highest BCUT2D eigenvalue weighted by Gasteiger charge is 2.34. The molecule has 0 saturated carbocycles. The molecule has 3 heterocycles. The molecule has 0 saturated heterocycles. The molecule has 0 N–H and O–H groups in total. The second kappa shape index (κ2) is 14.0. The van der Waals surface area contributed by atoms with E-state index in [4.69, 9.17) is 42.4 Å².